The van der Waals surface area contributed by atoms with Crippen LogP contribution in [0.5, 0.6) is 0 Å². The lowest BCUT2D eigenvalue weighted by molar-refractivity contribution is 0.103. The molecule has 0 spiro atoms. The van der Waals surface area contributed by atoms with Crippen LogP contribution in [0.4, 0.5) is 0 Å². The van der Waals surface area contributed by atoms with Gasteiger partial charge in [0.1, 0.15) is 7.09 Å². The molecule has 4 atom stereocenters. The Balaban J connectivity index is 1.52. The SMILES string of the molecule is O=P(=PPP)C1(CCCCC(O)CCCCC2(OP(=O)(O)O)CC2)CC1. The molecular weight excluding hydrogens is 431 g/mol. The van der Waals surface area contributed by atoms with E-state index >= 15 is 0 Å². The third kappa shape index (κ3) is 8.37. The molecule has 0 radical (unpaired) electrons. The summed E-state index contributed by atoms with van der Waals surface area (Å²) in [5.41, 5.74) is -0.615. The van der Waals surface area contributed by atoms with Gasteiger partial charge in [0.15, 0.2) is 0 Å². The highest BCUT2D eigenvalue weighted by Gasteiger charge is 2.48. The minimum Gasteiger partial charge on any atom is -0.393 e. The zero-order valence-electron chi connectivity index (χ0n) is 15.0. The van der Waals surface area contributed by atoms with E-state index in [4.69, 9.17) is 14.3 Å². The molecule has 152 valence electrons. The van der Waals surface area contributed by atoms with Crippen LogP contribution < -0.4 is 0 Å². The molecule has 0 saturated heterocycles. The summed E-state index contributed by atoms with van der Waals surface area (Å²) in [5.74, 6) is 0. The number of phosphoric acid groups is 1. The Kier molecular flexibility index (Phi) is 9.43. The van der Waals surface area contributed by atoms with E-state index in [1.807, 2.05) is 0 Å². The summed E-state index contributed by atoms with van der Waals surface area (Å²) in [6, 6.07) is 0. The van der Waals surface area contributed by atoms with Gasteiger partial charge in [0.2, 0.25) is 0 Å². The highest BCUT2D eigenvalue weighted by atomic mass is 32.5. The van der Waals surface area contributed by atoms with Gasteiger partial charge in [-0.05, 0) is 66.9 Å². The Morgan fingerprint density at radius 2 is 1.69 bits per heavy atom. The van der Waals surface area contributed by atoms with Crippen LogP contribution in [0, 0.1) is 0 Å². The molecule has 2 rings (SSSR count). The number of aliphatic hydroxyl groups excluding tert-OH is 1. The second-order valence-electron chi connectivity index (χ2n) is 7.64. The summed E-state index contributed by atoms with van der Waals surface area (Å²) in [5, 5.41) is 10.2. The predicted molar refractivity (Wildman–Crippen MR) is 113 cm³/mol. The summed E-state index contributed by atoms with van der Waals surface area (Å²) < 4.78 is 28.0. The lowest BCUT2D eigenvalue weighted by Gasteiger charge is -2.17. The number of unbranched alkanes of at least 4 members (excludes halogenated alkanes) is 2. The molecule has 0 amide bonds. The second kappa shape index (κ2) is 10.4. The minimum atomic E-state index is -4.40. The Labute approximate surface area is 162 Å². The molecule has 4 unspecified atom stereocenters. The van der Waals surface area contributed by atoms with Crippen molar-refractivity contribution >= 4 is 39.4 Å². The van der Waals surface area contributed by atoms with Crippen molar-refractivity contribution in [2.75, 3.05) is 0 Å². The van der Waals surface area contributed by atoms with Gasteiger partial charge in [-0.15, -0.1) is 8.93 Å². The predicted octanol–water partition coefficient (Wildman–Crippen LogP) is 5.71. The van der Waals surface area contributed by atoms with Crippen molar-refractivity contribution < 1.29 is 28.5 Å². The van der Waals surface area contributed by atoms with Crippen LogP contribution in [-0.2, 0) is 13.7 Å². The van der Waals surface area contributed by atoms with E-state index in [1.165, 1.54) is 0 Å². The van der Waals surface area contributed by atoms with E-state index in [0.29, 0.717) is 27.2 Å². The number of hydrogen-bond donors (Lipinski definition) is 3. The molecule has 2 aliphatic rings. The normalized spacial score (nSPS) is 22.7. The fraction of sp³-hybridized carbons (Fsp3) is 1.00. The van der Waals surface area contributed by atoms with Gasteiger partial charge >= 0.3 is 7.82 Å². The molecule has 2 saturated carbocycles. The van der Waals surface area contributed by atoms with Crippen molar-refractivity contribution in [2.24, 2.45) is 0 Å². The van der Waals surface area contributed by atoms with Crippen LogP contribution in [0.3, 0.4) is 0 Å². The minimum absolute atomic E-state index is 0.114. The van der Waals surface area contributed by atoms with Crippen molar-refractivity contribution in [3.8, 4) is 0 Å². The molecule has 11 heteroatoms. The van der Waals surface area contributed by atoms with Crippen molar-refractivity contribution in [1.29, 1.82) is 0 Å². The van der Waals surface area contributed by atoms with Gasteiger partial charge < -0.3 is 14.9 Å². The largest absolute Gasteiger partial charge is 0.470 e. The molecule has 0 aliphatic heterocycles. The Bertz CT molecular complexity index is 577. The van der Waals surface area contributed by atoms with Gasteiger partial charge in [0, 0.05) is 5.16 Å². The van der Waals surface area contributed by atoms with Gasteiger partial charge in [0.05, 0.1) is 11.7 Å². The van der Waals surface area contributed by atoms with Crippen LogP contribution in [-0.4, -0.2) is 31.8 Å². The van der Waals surface area contributed by atoms with Gasteiger partial charge in [-0.3, -0.25) is 9.09 Å². The molecule has 2 aliphatic carbocycles. The topological polar surface area (TPSA) is 104 Å². The van der Waals surface area contributed by atoms with Crippen molar-refractivity contribution in [3.05, 3.63) is 0 Å². The monoisotopic (exact) mass is 462 g/mol. The molecular formula is C15H31O6P5. The maximum atomic E-state index is 12.2. The first-order valence-corrected chi connectivity index (χ1v) is 17.3. The maximum absolute atomic E-state index is 12.2. The van der Waals surface area contributed by atoms with Crippen molar-refractivity contribution in [2.45, 2.75) is 93.9 Å². The van der Waals surface area contributed by atoms with Gasteiger partial charge in [-0.25, -0.2) is 4.57 Å². The zero-order valence-corrected chi connectivity index (χ0v) is 19.9. The lowest BCUT2D eigenvalue weighted by Crippen LogP contribution is -2.13. The third-order valence-corrected chi connectivity index (χ3v) is 15.7. The summed E-state index contributed by atoms with van der Waals surface area (Å²) in [6.07, 6.45) is 10.1. The fourth-order valence-electron chi connectivity index (χ4n) is 3.42. The van der Waals surface area contributed by atoms with E-state index in [9.17, 15) is 14.2 Å². The molecule has 3 N–H and O–H groups in total. The zero-order chi connectivity index (χ0) is 19.3. The molecule has 2 fully saturated rings. The highest BCUT2D eigenvalue weighted by molar-refractivity contribution is 8.45. The molecule has 0 aromatic carbocycles. The maximum Gasteiger partial charge on any atom is 0.470 e. The van der Waals surface area contributed by atoms with Crippen LogP contribution >= 0.6 is 39.4 Å². The van der Waals surface area contributed by atoms with Crippen molar-refractivity contribution in [3.63, 3.8) is 0 Å². The van der Waals surface area contributed by atoms with E-state index in [-0.39, 0.29) is 11.3 Å². The molecule has 26 heavy (non-hydrogen) atoms. The summed E-state index contributed by atoms with van der Waals surface area (Å²) in [7, 11) is -1.07. The number of rotatable bonds is 14. The summed E-state index contributed by atoms with van der Waals surface area (Å²) in [4.78, 5) is 17.8. The number of aliphatic hydroxyl groups is 1. The van der Waals surface area contributed by atoms with Gasteiger partial charge in [-0.1, -0.05) is 25.7 Å². The first-order chi connectivity index (χ1) is 12.2. The number of hydrogen-bond acceptors (Lipinski definition) is 4. The second-order valence-corrected chi connectivity index (χ2v) is 17.3. The van der Waals surface area contributed by atoms with Crippen molar-refractivity contribution in [1.82, 2.24) is 0 Å². The van der Waals surface area contributed by atoms with E-state index < -0.39 is 20.5 Å². The van der Waals surface area contributed by atoms with Crippen LogP contribution in [0.15, 0.2) is 0 Å². The smallest absolute Gasteiger partial charge is 0.393 e. The average molecular weight is 462 g/mol. The summed E-state index contributed by atoms with van der Waals surface area (Å²) >= 11 is 0. The fourth-order valence-corrected chi connectivity index (χ4v) is 12.9. The quantitative estimate of drug-likeness (QED) is 0.226. The molecule has 6 nitrogen and oxygen atoms in total. The lowest BCUT2D eigenvalue weighted by atomic mass is 10.0. The van der Waals surface area contributed by atoms with Gasteiger partial charge in [0.25, 0.3) is 0 Å². The highest BCUT2D eigenvalue weighted by Crippen LogP contribution is 2.63. The van der Waals surface area contributed by atoms with E-state index in [2.05, 4.69) is 8.93 Å². The first-order valence-electron chi connectivity index (χ1n) is 9.28. The molecule has 0 aromatic heterocycles. The number of phosphoric ester groups is 1. The Morgan fingerprint density at radius 1 is 1.12 bits per heavy atom. The first kappa shape index (κ1) is 23.6. The third-order valence-electron chi connectivity index (χ3n) is 5.35. The van der Waals surface area contributed by atoms with Gasteiger partial charge in [-0.2, -0.15) is 0 Å². The average Bonchev–Trinajstić information content (AvgIpc) is 3.45. The standard InChI is InChI=1S/C15H31O6P5/c16-13(5-1-3-7-14(9-10-14)21-26(18,19)20)6-2-4-8-15(11-12-15)25(17)24-23-22/h13,16,23H,1-12,22H2,(H2,18,19,20). The van der Waals surface area contributed by atoms with E-state index in [1.54, 1.807) is 0 Å². The van der Waals surface area contributed by atoms with Crippen LogP contribution in [0.1, 0.15) is 77.0 Å². The van der Waals surface area contributed by atoms with Crippen LogP contribution in [0.25, 0.3) is 0 Å². The molecule has 0 bridgehead atoms. The molecule has 0 heterocycles. The summed E-state index contributed by atoms with van der Waals surface area (Å²) in [6.45, 7) is 0. The van der Waals surface area contributed by atoms with Crippen LogP contribution in [0.2, 0.25) is 0 Å². The molecule has 0 aromatic rings. The Morgan fingerprint density at radius 3 is 2.15 bits per heavy atom. The van der Waals surface area contributed by atoms with E-state index in [0.717, 1.165) is 65.3 Å². The Hall–Kier alpha value is 1.33.